The summed E-state index contributed by atoms with van der Waals surface area (Å²) in [7, 11) is -9.63. The Kier molecular flexibility index (Phi) is 10.5. The summed E-state index contributed by atoms with van der Waals surface area (Å²) in [6.45, 7) is 3.20. The molecule has 1 rings (SSSR count). The molecule has 0 atom stereocenters. The standard InChI is InChI=1S/C9H8BrNO7S2.2Na/c1-5(10)9(12)11-7-4-6(19(13,14)15)2-3-8(7)20(16,17)18;;/h2-4H,1H2,(H,11,12)(H,13,14,15)(H,16,17,18);;/q;2*+1/p-2. The van der Waals surface area contributed by atoms with Crippen LogP contribution in [0.4, 0.5) is 5.69 Å². The maximum Gasteiger partial charge on any atom is 1.00 e. The fraction of sp³-hybridized carbons (Fsp3) is 0. The Hall–Kier alpha value is 0.730. The van der Waals surface area contributed by atoms with Gasteiger partial charge in [0.15, 0.2) is 0 Å². The normalized spacial score (nSPS) is 12.0. The quantitative estimate of drug-likeness (QED) is 0.217. The number of aliphatic imine (C=N–C) groups is 1. The maximum atomic E-state index is 11.3. The van der Waals surface area contributed by atoms with Crippen LogP contribution in [-0.4, -0.2) is 31.8 Å². The first-order valence-electron chi connectivity index (χ1n) is 4.61. The Morgan fingerprint density at radius 3 is 2.09 bits per heavy atom. The number of hydrogen-bond donors (Lipinski definition) is 1. The van der Waals surface area contributed by atoms with Crippen molar-refractivity contribution in [3.05, 3.63) is 29.3 Å². The molecule has 0 aliphatic rings. The first kappa shape index (κ1) is 25.0. The molecule has 0 aromatic heterocycles. The van der Waals surface area contributed by atoms with Crippen molar-refractivity contribution in [1.29, 1.82) is 0 Å². The Bertz CT molecular complexity index is 805. The summed E-state index contributed by atoms with van der Waals surface area (Å²) in [5.41, 5.74) is -0.685. The minimum absolute atomic E-state index is 0. The van der Waals surface area contributed by atoms with Gasteiger partial charge in [0.1, 0.15) is 15.0 Å². The van der Waals surface area contributed by atoms with Crippen LogP contribution in [0.1, 0.15) is 0 Å². The largest absolute Gasteiger partial charge is 1.00 e. The van der Waals surface area contributed by atoms with Crippen LogP contribution in [0.15, 0.2) is 44.0 Å². The maximum absolute atomic E-state index is 11.3. The smallest absolute Gasteiger partial charge is 0.858 e. The Morgan fingerprint density at radius 2 is 1.73 bits per heavy atom. The van der Waals surface area contributed by atoms with Crippen LogP contribution in [0.25, 0.3) is 0 Å². The van der Waals surface area contributed by atoms with Gasteiger partial charge in [-0.25, -0.2) is 8.42 Å². The van der Waals surface area contributed by atoms with Gasteiger partial charge in [-0.1, -0.05) is 22.5 Å². The zero-order chi connectivity index (χ0) is 15.7. The van der Waals surface area contributed by atoms with E-state index in [1.54, 1.807) is 0 Å². The Labute approximate surface area is 179 Å². The molecule has 0 amide bonds. The molecule has 110 valence electrons. The van der Waals surface area contributed by atoms with Gasteiger partial charge in [-0.3, -0.25) is 9.55 Å². The fourth-order valence-electron chi connectivity index (χ4n) is 1.13. The first-order valence-corrected chi connectivity index (χ1v) is 8.25. The summed E-state index contributed by atoms with van der Waals surface area (Å²) >= 11 is 2.70. The third kappa shape index (κ3) is 7.09. The predicted octanol–water partition coefficient (Wildman–Crippen LogP) is -5.86. The average molecular weight is 430 g/mol. The Morgan fingerprint density at radius 1 is 1.23 bits per heavy atom. The molecule has 0 aliphatic carbocycles. The van der Waals surface area contributed by atoms with Gasteiger partial charge < -0.3 is 9.66 Å². The van der Waals surface area contributed by atoms with E-state index >= 15 is 0 Å². The van der Waals surface area contributed by atoms with Gasteiger partial charge in [-0.2, -0.15) is 8.42 Å². The van der Waals surface area contributed by atoms with E-state index in [9.17, 15) is 26.5 Å². The van der Waals surface area contributed by atoms with Gasteiger partial charge in [0, 0.05) is 10.4 Å². The summed E-state index contributed by atoms with van der Waals surface area (Å²) in [5.74, 6) is -1.00. The van der Waals surface area contributed by atoms with Crippen LogP contribution in [0, 0.1) is 0 Å². The fourth-order valence-corrected chi connectivity index (χ4v) is 2.32. The zero-order valence-electron chi connectivity index (χ0n) is 11.5. The molecule has 0 heterocycles. The molecule has 0 aliphatic heterocycles. The zero-order valence-corrected chi connectivity index (χ0v) is 18.7. The summed E-state index contributed by atoms with van der Waals surface area (Å²) in [6.07, 6.45) is 0. The van der Waals surface area contributed by atoms with Crippen LogP contribution >= 0.6 is 15.9 Å². The van der Waals surface area contributed by atoms with Crippen molar-refractivity contribution in [2.75, 3.05) is 0 Å². The van der Waals surface area contributed by atoms with Gasteiger partial charge >= 0.3 is 59.1 Å². The molecule has 1 aromatic rings. The predicted molar refractivity (Wildman–Crippen MR) is 69.4 cm³/mol. The van der Waals surface area contributed by atoms with Crippen LogP contribution in [0.3, 0.4) is 0 Å². The van der Waals surface area contributed by atoms with Crippen LogP contribution < -0.4 is 64.2 Å². The van der Waals surface area contributed by atoms with Crippen LogP contribution in [-0.2, 0) is 20.2 Å². The van der Waals surface area contributed by atoms with E-state index < -0.39 is 41.6 Å². The number of benzene rings is 1. The third-order valence-electron chi connectivity index (χ3n) is 1.95. The molecule has 1 aromatic carbocycles. The molecule has 22 heavy (non-hydrogen) atoms. The second-order valence-electron chi connectivity index (χ2n) is 3.38. The minimum atomic E-state index is -4.88. The molecule has 8 nitrogen and oxygen atoms in total. The van der Waals surface area contributed by atoms with Crippen LogP contribution in [0.5, 0.6) is 0 Å². The second kappa shape index (κ2) is 9.28. The molecular weight excluding hydrogens is 424 g/mol. The molecular formula is C9H6BrNNa2O7S2. The van der Waals surface area contributed by atoms with E-state index in [1.807, 2.05) is 0 Å². The van der Waals surface area contributed by atoms with Gasteiger partial charge in [0.05, 0.1) is 10.6 Å². The van der Waals surface area contributed by atoms with Crippen molar-refractivity contribution < 1.29 is 90.2 Å². The van der Waals surface area contributed by atoms with E-state index in [4.69, 9.17) is 4.55 Å². The summed E-state index contributed by atoms with van der Waals surface area (Å²) in [4.78, 5) is 1.66. The van der Waals surface area contributed by atoms with Gasteiger partial charge in [-0.15, -0.1) is 0 Å². The van der Waals surface area contributed by atoms with Crippen molar-refractivity contribution in [3.63, 3.8) is 0 Å². The van der Waals surface area contributed by atoms with E-state index in [0.29, 0.717) is 18.2 Å². The average Bonchev–Trinajstić information content (AvgIpc) is 2.25. The van der Waals surface area contributed by atoms with Gasteiger partial charge in [0.2, 0.25) is 0 Å². The number of nitrogens with zero attached hydrogens (tertiary/aromatic N) is 1. The first-order chi connectivity index (χ1) is 8.93. The number of hydrogen-bond acceptors (Lipinski definition) is 7. The van der Waals surface area contributed by atoms with Crippen molar-refractivity contribution in [2.45, 2.75) is 9.79 Å². The number of rotatable bonds is 4. The molecule has 0 fully saturated rings. The molecule has 1 N–H and O–H groups in total. The summed E-state index contributed by atoms with van der Waals surface area (Å²) in [5, 5.41) is 11.3. The second-order valence-corrected chi connectivity index (χ2v) is 7.11. The van der Waals surface area contributed by atoms with E-state index in [2.05, 4.69) is 27.5 Å². The van der Waals surface area contributed by atoms with Gasteiger partial charge in [-0.05, 0) is 18.2 Å². The van der Waals surface area contributed by atoms with Crippen LogP contribution in [0.2, 0.25) is 0 Å². The van der Waals surface area contributed by atoms with E-state index in [1.165, 1.54) is 0 Å². The molecule has 0 bridgehead atoms. The topological polar surface area (TPSA) is 147 Å². The number of halogens is 1. The molecule has 13 heteroatoms. The van der Waals surface area contributed by atoms with Crippen molar-refractivity contribution in [3.8, 4) is 0 Å². The SMILES string of the molecule is C=C(Br)C([O-])=Nc1cc(S(=O)(=O)[O-])ccc1S(=O)(=O)O.[Na+].[Na+]. The monoisotopic (exact) mass is 429 g/mol. The summed E-state index contributed by atoms with van der Waals surface area (Å²) < 4.78 is 63.4. The van der Waals surface area contributed by atoms with Crippen molar-refractivity contribution >= 4 is 47.8 Å². The molecule has 0 saturated heterocycles. The van der Waals surface area contributed by atoms with Gasteiger partial charge in [0.25, 0.3) is 10.1 Å². The van der Waals surface area contributed by atoms with Crippen molar-refractivity contribution in [1.82, 2.24) is 0 Å². The molecule has 0 radical (unpaired) electrons. The molecule has 0 unspecified atom stereocenters. The third-order valence-corrected chi connectivity index (χ3v) is 4.02. The summed E-state index contributed by atoms with van der Waals surface area (Å²) in [6, 6.07) is 1.90. The molecule has 0 saturated carbocycles. The van der Waals surface area contributed by atoms with Crippen molar-refractivity contribution in [2.24, 2.45) is 4.99 Å². The van der Waals surface area contributed by atoms with E-state index in [-0.39, 0.29) is 63.6 Å². The minimum Gasteiger partial charge on any atom is -0.858 e. The van der Waals surface area contributed by atoms with E-state index in [0.717, 1.165) is 0 Å². The molecule has 0 spiro atoms. The Balaban J connectivity index is 0.